The second-order valence-corrected chi connectivity index (χ2v) is 6.10. The van der Waals surface area contributed by atoms with Gasteiger partial charge in [-0.3, -0.25) is 9.59 Å². The normalized spacial score (nSPS) is 26.5. The lowest BCUT2D eigenvalue weighted by Gasteiger charge is -2.28. The highest BCUT2D eigenvalue weighted by Crippen LogP contribution is 2.47. The maximum absolute atomic E-state index is 13.9. The molecule has 0 spiro atoms. The number of Topliss-reactive ketones (excluding diaryl/α,β-unsaturated/α-hetero) is 1. The molecule has 0 bridgehead atoms. The summed E-state index contributed by atoms with van der Waals surface area (Å²) >= 11 is 0. The van der Waals surface area contributed by atoms with Crippen LogP contribution in [0.5, 0.6) is 0 Å². The van der Waals surface area contributed by atoms with Crippen LogP contribution in [-0.4, -0.2) is 35.9 Å². The molecule has 1 unspecified atom stereocenters. The molecule has 1 fully saturated rings. The second kappa shape index (κ2) is 5.55. The zero-order valence-corrected chi connectivity index (χ0v) is 13.2. The summed E-state index contributed by atoms with van der Waals surface area (Å²) in [6, 6.07) is 4.38. The molecule has 0 heterocycles. The zero-order valence-electron chi connectivity index (χ0n) is 13.2. The molecule has 1 aliphatic carbocycles. The first-order valence-electron chi connectivity index (χ1n) is 7.13. The van der Waals surface area contributed by atoms with Crippen molar-refractivity contribution in [3.8, 4) is 0 Å². The Morgan fingerprint density at radius 3 is 2.64 bits per heavy atom. The van der Waals surface area contributed by atoms with E-state index in [4.69, 9.17) is 0 Å². The summed E-state index contributed by atoms with van der Waals surface area (Å²) < 4.78 is 13.9. The minimum absolute atomic E-state index is 0.144. The lowest BCUT2D eigenvalue weighted by atomic mass is 9.73. The number of rotatable bonds is 3. The molecule has 0 amide bonds. The molecule has 1 aliphatic rings. The third kappa shape index (κ3) is 2.30. The number of carbonyl (C=O) groups excluding carboxylic acids is 1. The first-order valence-corrected chi connectivity index (χ1v) is 7.13. The quantitative estimate of drug-likeness (QED) is 0.872. The van der Waals surface area contributed by atoms with Crippen molar-refractivity contribution in [2.45, 2.75) is 25.7 Å². The van der Waals surface area contributed by atoms with Gasteiger partial charge in [-0.1, -0.05) is 19.1 Å². The van der Waals surface area contributed by atoms with Crippen LogP contribution >= 0.6 is 0 Å². The lowest BCUT2D eigenvalue weighted by Crippen LogP contribution is -2.37. The third-order valence-electron chi connectivity index (χ3n) is 4.27. The molecule has 0 radical (unpaired) electrons. The van der Waals surface area contributed by atoms with Crippen molar-refractivity contribution in [1.29, 1.82) is 0 Å². The van der Waals surface area contributed by atoms with Gasteiger partial charge in [0.15, 0.2) is 5.78 Å². The molecule has 2 rings (SSSR count). The molecule has 0 saturated heterocycles. The summed E-state index contributed by atoms with van der Waals surface area (Å²) in [4.78, 5) is 26.3. The van der Waals surface area contributed by atoms with Crippen molar-refractivity contribution < 1.29 is 19.1 Å². The van der Waals surface area contributed by atoms with Gasteiger partial charge in [0, 0.05) is 31.8 Å². The minimum Gasteiger partial charge on any atom is -0.480 e. The number of aliphatic carboxylic acids is 1. The average Bonchev–Trinajstić information content (AvgIpc) is 2.67. The summed E-state index contributed by atoms with van der Waals surface area (Å²) in [5.74, 6) is -2.19. The highest BCUT2D eigenvalue weighted by atomic mass is 19.1. The van der Waals surface area contributed by atoms with Gasteiger partial charge in [-0.05, 0) is 30.5 Å². The standard InChI is InChI=1S/C17H20FNO3/c1-10-8-17(16(21)22,13(15(10)20)9-19(3)4)12-6-5-7-14(18)11(12)2/h5-7,9-10H,8H2,1-4H3,(H,21,22)/t10?,17-/m0/s1. The molecule has 22 heavy (non-hydrogen) atoms. The Kier molecular flexibility index (Phi) is 4.09. The van der Waals surface area contributed by atoms with Crippen LogP contribution in [0.15, 0.2) is 30.0 Å². The Morgan fingerprint density at radius 2 is 2.09 bits per heavy atom. The summed E-state index contributed by atoms with van der Waals surface area (Å²) in [7, 11) is 3.46. The van der Waals surface area contributed by atoms with Gasteiger partial charge >= 0.3 is 5.97 Å². The van der Waals surface area contributed by atoms with Crippen molar-refractivity contribution in [3.05, 3.63) is 46.9 Å². The van der Waals surface area contributed by atoms with Crippen molar-refractivity contribution in [2.24, 2.45) is 5.92 Å². The average molecular weight is 305 g/mol. The molecule has 2 atom stereocenters. The molecule has 0 aliphatic heterocycles. The van der Waals surface area contributed by atoms with Crippen molar-refractivity contribution in [2.75, 3.05) is 14.1 Å². The number of hydrogen-bond acceptors (Lipinski definition) is 3. The van der Waals surface area contributed by atoms with Gasteiger partial charge in [-0.25, -0.2) is 4.39 Å². The molecule has 0 aromatic heterocycles. The number of ketones is 1. The number of halogens is 1. The number of hydrogen-bond donors (Lipinski definition) is 1. The fourth-order valence-corrected chi connectivity index (χ4v) is 3.21. The SMILES string of the molecule is Cc1c(F)cccc1[C@@]1(C(=O)O)CC(C)C(=O)C1=CN(C)C. The highest BCUT2D eigenvalue weighted by Gasteiger charge is 2.55. The number of carboxylic acids is 1. The fourth-order valence-electron chi connectivity index (χ4n) is 3.21. The van der Waals surface area contributed by atoms with E-state index in [0.717, 1.165) is 0 Å². The molecule has 1 N–H and O–H groups in total. The van der Waals surface area contributed by atoms with Crippen LogP contribution in [0.1, 0.15) is 24.5 Å². The van der Waals surface area contributed by atoms with E-state index >= 15 is 0 Å². The number of carbonyl (C=O) groups is 2. The van der Waals surface area contributed by atoms with Gasteiger partial charge in [0.05, 0.1) is 0 Å². The van der Waals surface area contributed by atoms with Gasteiger partial charge in [-0.2, -0.15) is 0 Å². The van der Waals surface area contributed by atoms with Crippen LogP contribution in [-0.2, 0) is 15.0 Å². The van der Waals surface area contributed by atoms with Gasteiger partial charge in [0.1, 0.15) is 11.2 Å². The maximum atomic E-state index is 13.9. The van der Waals surface area contributed by atoms with E-state index in [1.54, 1.807) is 45.1 Å². The Bertz CT molecular complexity index is 666. The Balaban J connectivity index is 2.80. The van der Waals surface area contributed by atoms with Gasteiger partial charge < -0.3 is 10.0 Å². The maximum Gasteiger partial charge on any atom is 0.318 e. The van der Waals surface area contributed by atoms with Crippen molar-refractivity contribution in [1.82, 2.24) is 4.90 Å². The van der Waals surface area contributed by atoms with Gasteiger partial charge in [0.25, 0.3) is 0 Å². The predicted octanol–water partition coefficient (Wildman–Crippen LogP) is 2.51. The predicted molar refractivity (Wildman–Crippen MR) is 81.0 cm³/mol. The first-order chi connectivity index (χ1) is 10.2. The molecular weight excluding hydrogens is 285 g/mol. The van der Waals surface area contributed by atoms with Gasteiger partial charge in [-0.15, -0.1) is 0 Å². The molecule has 1 saturated carbocycles. The number of benzene rings is 1. The lowest BCUT2D eigenvalue weighted by molar-refractivity contribution is -0.142. The molecule has 5 heteroatoms. The van der Waals surface area contributed by atoms with E-state index in [2.05, 4.69) is 0 Å². The molecule has 118 valence electrons. The summed E-state index contributed by atoms with van der Waals surface area (Å²) in [5.41, 5.74) is -0.652. The Labute approximate surface area is 129 Å². The van der Waals surface area contributed by atoms with Crippen LogP contribution in [0.3, 0.4) is 0 Å². The van der Waals surface area contributed by atoms with E-state index in [1.807, 2.05) is 0 Å². The fraction of sp³-hybridized carbons (Fsp3) is 0.412. The molecule has 4 nitrogen and oxygen atoms in total. The topological polar surface area (TPSA) is 57.6 Å². The van der Waals surface area contributed by atoms with E-state index in [9.17, 15) is 19.1 Å². The highest BCUT2D eigenvalue weighted by molar-refractivity contribution is 6.09. The van der Waals surface area contributed by atoms with E-state index < -0.39 is 23.1 Å². The minimum atomic E-state index is -1.49. The summed E-state index contributed by atoms with van der Waals surface area (Å²) in [6.07, 6.45) is 1.69. The van der Waals surface area contributed by atoms with Crippen molar-refractivity contribution in [3.63, 3.8) is 0 Å². The van der Waals surface area contributed by atoms with E-state index in [1.165, 1.54) is 12.1 Å². The van der Waals surface area contributed by atoms with Crippen LogP contribution in [0.4, 0.5) is 4.39 Å². The van der Waals surface area contributed by atoms with E-state index in [-0.39, 0.29) is 23.3 Å². The molecular formula is C17H20FNO3. The third-order valence-corrected chi connectivity index (χ3v) is 4.27. The van der Waals surface area contributed by atoms with Crippen molar-refractivity contribution >= 4 is 11.8 Å². The first kappa shape index (κ1) is 16.2. The number of carboxylic acid groups (broad SMARTS) is 1. The van der Waals surface area contributed by atoms with E-state index in [0.29, 0.717) is 5.56 Å². The Hall–Kier alpha value is -2.17. The smallest absolute Gasteiger partial charge is 0.318 e. The number of nitrogens with zero attached hydrogens (tertiary/aromatic N) is 1. The monoisotopic (exact) mass is 305 g/mol. The summed E-state index contributed by atoms with van der Waals surface area (Å²) in [5, 5.41) is 9.92. The second-order valence-electron chi connectivity index (χ2n) is 6.10. The van der Waals surface area contributed by atoms with Crippen LogP contribution in [0, 0.1) is 18.7 Å². The van der Waals surface area contributed by atoms with Crippen LogP contribution in [0.25, 0.3) is 0 Å². The van der Waals surface area contributed by atoms with Crippen LogP contribution in [0.2, 0.25) is 0 Å². The molecule has 1 aromatic carbocycles. The summed E-state index contributed by atoms with van der Waals surface area (Å²) in [6.45, 7) is 3.27. The molecule has 1 aromatic rings. The van der Waals surface area contributed by atoms with Crippen LogP contribution < -0.4 is 0 Å². The Morgan fingerprint density at radius 1 is 1.45 bits per heavy atom. The largest absolute Gasteiger partial charge is 0.480 e. The van der Waals surface area contributed by atoms with Gasteiger partial charge in [0.2, 0.25) is 0 Å². The zero-order chi connectivity index (χ0) is 16.7.